The first-order chi connectivity index (χ1) is 10.7. The standard InChI is InChI=1S/C18H18ClN3/c19-17-4-6-18(7-5-17)22-10-8-21(9-11-22)14-16-3-1-2-15(12-16)13-20/h1-7,12H,8-11,14H2. The summed E-state index contributed by atoms with van der Waals surface area (Å²) < 4.78 is 0. The van der Waals surface area contributed by atoms with Gasteiger partial charge in [0.1, 0.15) is 0 Å². The number of nitrogens with zero attached hydrogens (tertiary/aromatic N) is 3. The number of benzene rings is 2. The zero-order chi connectivity index (χ0) is 15.4. The predicted molar refractivity (Wildman–Crippen MR) is 90.1 cm³/mol. The van der Waals surface area contributed by atoms with Crippen LogP contribution in [0, 0.1) is 11.3 Å². The lowest BCUT2D eigenvalue weighted by molar-refractivity contribution is 0.250. The van der Waals surface area contributed by atoms with Crippen molar-refractivity contribution in [1.29, 1.82) is 5.26 Å². The molecule has 0 amide bonds. The van der Waals surface area contributed by atoms with E-state index >= 15 is 0 Å². The molecule has 2 aromatic rings. The van der Waals surface area contributed by atoms with E-state index in [9.17, 15) is 0 Å². The molecule has 0 aliphatic carbocycles. The van der Waals surface area contributed by atoms with Crippen molar-refractivity contribution in [3.05, 3.63) is 64.7 Å². The van der Waals surface area contributed by atoms with Gasteiger partial charge in [-0.1, -0.05) is 23.7 Å². The molecule has 0 aromatic heterocycles. The van der Waals surface area contributed by atoms with Crippen LogP contribution in [0.15, 0.2) is 48.5 Å². The molecule has 112 valence electrons. The van der Waals surface area contributed by atoms with Crippen molar-refractivity contribution in [3.63, 3.8) is 0 Å². The first-order valence-electron chi connectivity index (χ1n) is 7.46. The highest BCUT2D eigenvalue weighted by Gasteiger charge is 2.17. The molecule has 1 aliphatic rings. The van der Waals surface area contributed by atoms with E-state index in [1.54, 1.807) is 0 Å². The molecule has 0 radical (unpaired) electrons. The summed E-state index contributed by atoms with van der Waals surface area (Å²) in [5.41, 5.74) is 3.17. The SMILES string of the molecule is N#Cc1cccc(CN2CCN(c3ccc(Cl)cc3)CC2)c1. The summed E-state index contributed by atoms with van der Waals surface area (Å²) in [6, 6.07) is 18.1. The lowest BCUT2D eigenvalue weighted by Gasteiger charge is -2.36. The van der Waals surface area contributed by atoms with Gasteiger partial charge in [0.15, 0.2) is 0 Å². The average Bonchev–Trinajstić information content (AvgIpc) is 2.57. The van der Waals surface area contributed by atoms with Gasteiger partial charge in [0.05, 0.1) is 11.6 Å². The van der Waals surface area contributed by atoms with Gasteiger partial charge in [0, 0.05) is 43.4 Å². The molecule has 3 nitrogen and oxygen atoms in total. The molecule has 0 N–H and O–H groups in total. The second kappa shape index (κ2) is 6.83. The Hall–Kier alpha value is -2.02. The Morgan fingerprint density at radius 3 is 2.41 bits per heavy atom. The molecule has 1 heterocycles. The third-order valence-corrected chi connectivity index (χ3v) is 4.28. The maximum absolute atomic E-state index is 8.97. The van der Waals surface area contributed by atoms with E-state index in [1.807, 2.05) is 30.3 Å². The second-order valence-electron chi connectivity index (χ2n) is 5.55. The molecule has 1 fully saturated rings. The first-order valence-corrected chi connectivity index (χ1v) is 7.84. The molecule has 0 spiro atoms. The Kier molecular flexibility index (Phi) is 4.62. The molecule has 1 saturated heterocycles. The second-order valence-corrected chi connectivity index (χ2v) is 5.99. The largest absolute Gasteiger partial charge is 0.369 e. The number of piperazine rings is 1. The van der Waals surface area contributed by atoms with Gasteiger partial charge in [-0.2, -0.15) is 5.26 Å². The van der Waals surface area contributed by atoms with Crippen LogP contribution in [0.1, 0.15) is 11.1 Å². The van der Waals surface area contributed by atoms with E-state index in [2.05, 4.69) is 34.1 Å². The number of halogens is 1. The Balaban J connectivity index is 1.57. The highest BCUT2D eigenvalue weighted by atomic mass is 35.5. The quantitative estimate of drug-likeness (QED) is 0.868. The lowest BCUT2D eigenvalue weighted by Crippen LogP contribution is -2.45. The minimum absolute atomic E-state index is 0.734. The number of hydrogen-bond donors (Lipinski definition) is 0. The fourth-order valence-corrected chi connectivity index (χ4v) is 2.94. The summed E-state index contributed by atoms with van der Waals surface area (Å²) in [6.07, 6.45) is 0. The Bertz CT molecular complexity index is 667. The van der Waals surface area contributed by atoms with Crippen LogP contribution in [0.2, 0.25) is 5.02 Å². The van der Waals surface area contributed by atoms with Gasteiger partial charge in [0.2, 0.25) is 0 Å². The number of nitriles is 1. The molecule has 0 unspecified atom stereocenters. The zero-order valence-electron chi connectivity index (χ0n) is 12.4. The van der Waals surface area contributed by atoms with Crippen molar-refractivity contribution in [1.82, 2.24) is 4.90 Å². The first kappa shape index (κ1) is 14.9. The van der Waals surface area contributed by atoms with E-state index < -0.39 is 0 Å². The zero-order valence-corrected chi connectivity index (χ0v) is 13.1. The fraction of sp³-hybridized carbons (Fsp3) is 0.278. The van der Waals surface area contributed by atoms with Crippen LogP contribution in [0.25, 0.3) is 0 Å². The normalized spacial score (nSPS) is 15.5. The predicted octanol–water partition coefficient (Wildman–Crippen LogP) is 3.53. The summed E-state index contributed by atoms with van der Waals surface area (Å²) in [7, 11) is 0. The van der Waals surface area contributed by atoms with Gasteiger partial charge in [-0.15, -0.1) is 0 Å². The summed E-state index contributed by atoms with van der Waals surface area (Å²) in [6.45, 7) is 4.99. The fourth-order valence-electron chi connectivity index (χ4n) is 2.81. The van der Waals surface area contributed by atoms with Crippen LogP contribution in [-0.2, 0) is 6.54 Å². The van der Waals surface area contributed by atoms with Crippen LogP contribution in [0.4, 0.5) is 5.69 Å². The molecule has 0 atom stereocenters. The average molecular weight is 312 g/mol. The highest BCUT2D eigenvalue weighted by Crippen LogP contribution is 2.20. The van der Waals surface area contributed by atoms with Gasteiger partial charge in [-0.3, -0.25) is 4.90 Å². The van der Waals surface area contributed by atoms with Crippen molar-refractivity contribution >= 4 is 17.3 Å². The van der Waals surface area contributed by atoms with Crippen molar-refractivity contribution < 1.29 is 0 Å². The third kappa shape index (κ3) is 3.59. The molecule has 22 heavy (non-hydrogen) atoms. The maximum Gasteiger partial charge on any atom is 0.0991 e. The van der Waals surface area contributed by atoms with Crippen LogP contribution in [0.5, 0.6) is 0 Å². The van der Waals surface area contributed by atoms with Crippen molar-refractivity contribution in [3.8, 4) is 6.07 Å². The van der Waals surface area contributed by atoms with Gasteiger partial charge in [-0.05, 0) is 42.0 Å². The van der Waals surface area contributed by atoms with E-state index in [-0.39, 0.29) is 0 Å². The maximum atomic E-state index is 8.97. The lowest BCUT2D eigenvalue weighted by atomic mass is 10.1. The molecule has 0 saturated carbocycles. The number of rotatable bonds is 3. The van der Waals surface area contributed by atoms with Gasteiger partial charge >= 0.3 is 0 Å². The van der Waals surface area contributed by atoms with Crippen molar-refractivity contribution in [2.75, 3.05) is 31.1 Å². The van der Waals surface area contributed by atoms with Gasteiger partial charge in [-0.25, -0.2) is 0 Å². The van der Waals surface area contributed by atoms with Gasteiger partial charge in [0.25, 0.3) is 0 Å². The molecule has 2 aromatic carbocycles. The molecule has 0 bridgehead atoms. The van der Waals surface area contributed by atoms with Crippen LogP contribution in [0.3, 0.4) is 0 Å². The molecule has 3 rings (SSSR count). The van der Waals surface area contributed by atoms with E-state index in [4.69, 9.17) is 16.9 Å². The smallest absolute Gasteiger partial charge is 0.0991 e. The van der Waals surface area contributed by atoms with Crippen LogP contribution >= 0.6 is 11.6 Å². The Labute approximate surface area is 136 Å². The summed E-state index contributed by atoms with van der Waals surface area (Å²) in [5, 5.41) is 9.75. The summed E-state index contributed by atoms with van der Waals surface area (Å²) in [5.74, 6) is 0. The number of hydrogen-bond acceptors (Lipinski definition) is 3. The van der Waals surface area contributed by atoms with Crippen molar-refractivity contribution in [2.45, 2.75) is 6.54 Å². The minimum Gasteiger partial charge on any atom is -0.369 e. The van der Waals surface area contributed by atoms with E-state index in [1.165, 1.54) is 11.3 Å². The monoisotopic (exact) mass is 311 g/mol. The third-order valence-electron chi connectivity index (χ3n) is 4.03. The van der Waals surface area contributed by atoms with Gasteiger partial charge < -0.3 is 4.90 Å². The van der Waals surface area contributed by atoms with Crippen molar-refractivity contribution in [2.24, 2.45) is 0 Å². The molecule has 4 heteroatoms. The minimum atomic E-state index is 0.734. The highest BCUT2D eigenvalue weighted by molar-refractivity contribution is 6.30. The topological polar surface area (TPSA) is 30.3 Å². The molecular weight excluding hydrogens is 294 g/mol. The number of anilines is 1. The summed E-state index contributed by atoms with van der Waals surface area (Å²) >= 11 is 5.94. The molecule has 1 aliphatic heterocycles. The van der Waals surface area contributed by atoms with E-state index in [0.29, 0.717) is 0 Å². The summed E-state index contributed by atoms with van der Waals surface area (Å²) in [4.78, 5) is 4.82. The van der Waals surface area contributed by atoms with E-state index in [0.717, 1.165) is 43.3 Å². The van der Waals surface area contributed by atoms with Crippen LogP contribution < -0.4 is 4.90 Å². The molecular formula is C18H18ClN3. The Morgan fingerprint density at radius 1 is 1.00 bits per heavy atom. The van der Waals surface area contributed by atoms with Crippen LogP contribution in [-0.4, -0.2) is 31.1 Å². The Morgan fingerprint density at radius 2 is 1.73 bits per heavy atom.